The number of amides is 1. The molecular weight excluding hydrogens is 295 g/mol. The van der Waals surface area contributed by atoms with Crippen LogP contribution in [0, 0.1) is 5.82 Å². The smallest absolute Gasteiger partial charge is 0.257 e. The molecule has 118 valence electrons. The van der Waals surface area contributed by atoms with E-state index >= 15 is 0 Å². The number of benzene rings is 1. The molecule has 1 aromatic rings. The lowest BCUT2D eigenvalue weighted by molar-refractivity contribution is 0.0631. The average Bonchev–Trinajstić information content (AvgIpc) is 2.46. The normalized spacial score (nSPS) is 18.0. The molecule has 0 radical (unpaired) electrons. The van der Waals surface area contributed by atoms with Crippen molar-refractivity contribution in [2.24, 2.45) is 5.73 Å². The van der Waals surface area contributed by atoms with Gasteiger partial charge in [0.2, 0.25) is 0 Å². The molecule has 1 saturated heterocycles. The van der Waals surface area contributed by atoms with Crippen LogP contribution in [0.3, 0.4) is 0 Å². The summed E-state index contributed by atoms with van der Waals surface area (Å²) in [7, 11) is 0. The van der Waals surface area contributed by atoms with Gasteiger partial charge in [0, 0.05) is 19.1 Å². The molecule has 0 saturated carbocycles. The Morgan fingerprint density at radius 2 is 2.24 bits per heavy atom. The molecule has 0 aliphatic carbocycles. The van der Waals surface area contributed by atoms with Gasteiger partial charge in [0.15, 0.2) is 0 Å². The lowest BCUT2D eigenvalue weighted by Gasteiger charge is -2.33. The summed E-state index contributed by atoms with van der Waals surface area (Å²) in [6, 6.07) is 4.21. The van der Waals surface area contributed by atoms with Crippen molar-refractivity contribution in [3.05, 3.63) is 29.6 Å². The number of nitrogens with zero attached hydrogens (tertiary/aromatic N) is 1. The lowest BCUT2D eigenvalue weighted by Crippen LogP contribution is -2.42. The van der Waals surface area contributed by atoms with Crippen molar-refractivity contribution in [2.75, 3.05) is 19.7 Å². The maximum Gasteiger partial charge on any atom is 0.257 e. The van der Waals surface area contributed by atoms with E-state index in [-0.39, 0.29) is 29.9 Å². The van der Waals surface area contributed by atoms with Crippen LogP contribution in [0.25, 0.3) is 0 Å². The van der Waals surface area contributed by atoms with Gasteiger partial charge in [-0.2, -0.15) is 0 Å². The summed E-state index contributed by atoms with van der Waals surface area (Å²) >= 11 is 0. The first-order valence-electron chi connectivity index (χ1n) is 7.07. The highest BCUT2D eigenvalue weighted by Crippen LogP contribution is 2.25. The van der Waals surface area contributed by atoms with E-state index < -0.39 is 5.82 Å². The maximum atomic E-state index is 13.4. The van der Waals surface area contributed by atoms with Gasteiger partial charge in [-0.3, -0.25) is 4.79 Å². The summed E-state index contributed by atoms with van der Waals surface area (Å²) in [6.07, 6.45) is 3.11. The molecule has 0 spiro atoms. The van der Waals surface area contributed by atoms with E-state index in [1.165, 1.54) is 18.2 Å². The zero-order chi connectivity index (χ0) is 14.5. The number of carbonyl (C=O) groups is 1. The Morgan fingerprint density at radius 3 is 2.90 bits per heavy atom. The molecule has 2 N–H and O–H groups in total. The molecule has 0 aromatic heterocycles. The van der Waals surface area contributed by atoms with Crippen LogP contribution in [0.5, 0.6) is 5.75 Å². The quantitative estimate of drug-likeness (QED) is 0.929. The molecule has 2 rings (SSSR count). The molecule has 0 bridgehead atoms. The minimum absolute atomic E-state index is 0. The van der Waals surface area contributed by atoms with E-state index in [0.29, 0.717) is 25.4 Å². The van der Waals surface area contributed by atoms with Gasteiger partial charge in [0.1, 0.15) is 18.2 Å². The van der Waals surface area contributed by atoms with Gasteiger partial charge in [-0.1, -0.05) is 0 Å². The third kappa shape index (κ3) is 4.32. The largest absolute Gasteiger partial charge is 0.491 e. The zero-order valence-electron chi connectivity index (χ0n) is 12.2. The summed E-state index contributed by atoms with van der Waals surface area (Å²) in [5, 5.41) is 0. The Bertz CT molecular complexity index is 485. The Balaban J connectivity index is 0.00000220. The highest BCUT2D eigenvalue weighted by atomic mass is 35.5. The molecule has 1 heterocycles. The molecular formula is C15H22ClFN2O2. The number of carbonyl (C=O) groups excluding carboxylic acids is 1. The predicted octanol–water partition coefficient (Wildman–Crippen LogP) is 2.60. The maximum absolute atomic E-state index is 13.4. The van der Waals surface area contributed by atoms with Crippen LogP contribution in [0.2, 0.25) is 0 Å². The van der Waals surface area contributed by atoms with E-state index in [9.17, 15) is 9.18 Å². The van der Waals surface area contributed by atoms with Crippen molar-refractivity contribution in [1.29, 1.82) is 0 Å². The summed E-state index contributed by atoms with van der Waals surface area (Å²) < 4.78 is 18.9. The van der Waals surface area contributed by atoms with Crippen molar-refractivity contribution in [3.63, 3.8) is 0 Å². The highest BCUT2D eigenvalue weighted by Gasteiger charge is 2.26. The highest BCUT2D eigenvalue weighted by molar-refractivity contribution is 5.97. The second-order valence-corrected chi connectivity index (χ2v) is 5.12. The lowest BCUT2D eigenvalue weighted by atomic mass is 10.0. The summed E-state index contributed by atoms with van der Waals surface area (Å²) in [5.74, 6) is -0.193. The Hall–Kier alpha value is -1.33. The number of halogens is 2. The molecule has 6 heteroatoms. The number of hydrogen-bond acceptors (Lipinski definition) is 3. The van der Waals surface area contributed by atoms with Gasteiger partial charge in [-0.15, -0.1) is 12.4 Å². The fourth-order valence-electron chi connectivity index (χ4n) is 2.52. The van der Waals surface area contributed by atoms with Gasteiger partial charge >= 0.3 is 0 Å². The topological polar surface area (TPSA) is 55.6 Å². The Kier molecular flexibility index (Phi) is 6.92. The number of ether oxygens (including phenoxy) is 1. The van der Waals surface area contributed by atoms with Crippen LogP contribution < -0.4 is 10.5 Å². The zero-order valence-corrected chi connectivity index (χ0v) is 13.0. The SMILES string of the molecule is CC1CCCCN1C(=O)c1cc(F)ccc1OCCN.Cl. The summed E-state index contributed by atoms with van der Waals surface area (Å²) in [5.41, 5.74) is 5.69. The molecule has 1 unspecified atom stereocenters. The van der Waals surface area contributed by atoms with Crippen molar-refractivity contribution < 1.29 is 13.9 Å². The first-order valence-corrected chi connectivity index (χ1v) is 7.07. The molecule has 1 fully saturated rings. The first kappa shape index (κ1) is 17.7. The van der Waals surface area contributed by atoms with Crippen LogP contribution >= 0.6 is 12.4 Å². The van der Waals surface area contributed by atoms with Gasteiger partial charge in [0.05, 0.1) is 5.56 Å². The molecule has 1 amide bonds. The first-order chi connectivity index (χ1) is 9.63. The van der Waals surface area contributed by atoms with Crippen molar-refractivity contribution >= 4 is 18.3 Å². The van der Waals surface area contributed by atoms with E-state index in [0.717, 1.165) is 19.3 Å². The average molecular weight is 317 g/mol. The molecule has 1 aliphatic heterocycles. The molecule has 1 atom stereocenters. The van der Waals surface area contributed by atoms with Gasteiger partial charge < -0.3 is 15.4 Å². The Labute approximate surface area is 130 Å². The number of piperidine rings is 1. The number of nitrogens with two attached hydrogens (primary N) is 1. The standard InChI is InChI=1S/C15H21FN2O2.ClH/c1-11-4-2-3-8-18(11)15(19)13-10-12(16)5-6-14(13)20-9-7-17;/h5-6,10-11H,2-4,7-9,17H2,1H3;1H. The third-order valence-corrected chi connectivity index (χ3v) is 3.61. The van der Waals surface area contributed by atoms with E-state index in [1.807, 2.05) is 6.92 Å². The fraction of sp³-hybridized carbons (Fsp3) is 0.533. The molecule has 1 aromatic carbocycles. The van der Waals surface area contributed by atoms with Crippen molar-refractivity contribution in [1.82, 2.24) is 4.90 Å². The summed E-state index contributed by atoms with van der Waals surface area (Å²) in [4.78, 5) is 14.4. The van der Waals surface area contributed by atoms with E-state index in [1.54, 1.807) is 4.90 Å². The third-order valence-electron chi connectivity index (χ3n) is 3.61. The predicted molar refractivity (Wildman–Crippen MR) is 82.5 cm³/mol. The minimum Gasteiger partial charge on any atom is -0.491 e. The summed E-state index contributed by atoms with van der Waals surface area (Å²) in [6.45, 7) is 3.40. The van der Waals surface area contributed by atoms with Gasteiger partial charge in [-0.05, 0) is 44.4 Å². The molecule has 21 heavy (non-hydrogen) atoms. The molecule has 4 nitrogen and oxygen atoms in total. The van der Waals surface area contributed by atoms with Gasteiger partial charge in [0.25, 0.3) is 5.91 Å². The minimum atomic E-state index is -0.432. The number of likely N-dealkylation sites (tertiary alicyclic amines) is 1. The van der Waals surface area contributed by atoms with Crippen LogP contribution in [0.4, 0.5) is 4.39 Å². The second-order valence-electron chi connectivity index (χ2n) is 5.12. The van der Waals surface area contributed by atoms with E-state index in [2.05, 4.69) is 0 Å². The van der Waals surface area contributed by atoms with Crippen LogP contribution in [-0.4, -0.2) is 36.5 Å². The fourth-order valence-corrected chi connectivity index (χ4v) is 2.52. The van der Waals surface area contributed by atoms with Crippen molar-refractivity contribution in [2.45, 2.75) is 32.2 Å². The van der Waals surface area contributed by atoms with E-state index in [4.69, 9.17) is 10.5 Å². The van der Waals surface area contributed by atoms with Gasteiger partial charge in [-0.25, -0.2) is 4.39 Å². The van der Waals surface area contributed by atoms with Crippen LogP contribution in [0.15, 0.2) is 18.2 Å². The second kappa shape index (κ2) is 8.20. The van der Waals surface area contributed by atoms with Crippen molar-refractivity contribution in [3.8, 4) is 5.75 Å². The number of hydrogen-bond donors (Lipinski definition) is 1. The molecule has 1 aliphatic rings. The van der Waals surface area contributed by atoms with Crippen LogP contribution in [0.1, 0.15) is 36.5 Å². The number of rotatable bonds is 4. The monoisotopic (exact) mass is 316 g/mol. The Morgan fingerprint density at radius 1 is 1.48 bits per heavy atom. The van der Waals surface area contributed by atoms with Crippen LogP contribution in [-0.2, 0) is 0 Å².